The minimum atomic E-state index is 0.725. The zero-order valence-electron chi connectivity index (χ0n) is 11.5. The van der Waals surface area contributed by atoms with Crippen molar-refractivity contribution in [1.29, 1.82) is 0 Å². The van der Waals surface area contributed by atoms with Gasteiger partial charge in [-0.05, 0) is 17.7 Å². The first-order valence-electron chi connectivity index (χ1n) is 6.12. The minimum absolute atomic E-state index is 0.725. The minimum Gasteiger partial charge on any atom is -0.497 e. The first kappa shape index (κ1) is 13.4. The van der Waals surface area contributed by atoms with Gasteiger partial charge < -0.3 is 19.4 Å². The highest BCUT2D eigenvalue weighted by atomic mass is 16.5. The average Bonchev–Trinajstić information content (AvgIpc) is 2.84. The molecule has 1 N–H and O–H groups in total. The van der Waals surface area contributed by atoms with Crippen molar-refractivity contribution in [3.05, 3.63) is 42.0 Å². The number of hydrogen-bond donors (Lipinski definition) is 1. The van der Waals surface area contributed by atoms with E-state index >= 15 is 0 Å². The number of ether oxygens (including phenoxy) is 2. The van der Waals surface area contributed by atoms with E-state index in [0.717, 1.165) is 36.0 Å². The SMILES string of the molecule is COc1cc(CNCc2nccn2C)cc(OC)c1. The largest absolute Gasteiger partial charge is 0.497 e. The Morgan fingerprint density at radius 3 is 2.32 bits per heavy atom. The standard InChI is InChI=1S/C14H19N3O2/c1-17-5-4-16-14(17)10-15-9-11-6-12(18-2)8-13(7-11)19-3/h4-8,15H,9-10H2,1-3H3. The van der Waals surface area contributed by atoms with Gasteiger partial charge >= 0.3 is 0 Å². The maximum Gasteiger partial charge on any atom is 0.122 e. The second-order valence-corrected chi connectivity index (χ2v) is 4.28. The van der Waals surface area contributed by atoms with Crippen molar-refractivity contribution in [2.24, 2.45) is 7.05 Å². The Hall–Kier alpha value is -2.01. The second-order valence-electron chi connectivity index (χ2n) is 4.28. The van der Waals surface area contributed by atoms with E-state index < -0.39 is 0 Å². The van der Waals surface area contributed by atoms with E-state index in [1.807, 2.05) is 36.0 Å². The molecule has 19 heavy (non-hydrogen) atoms. The van der Waals surface area contributed by atoms with E-state index in [-0.39, 0.29) is 0 Å². The summed E-state index contributed by atoms with van der Waals surface area (Å²) >= 11 is 0. The van der Waals surface area contributed by atoms with Crippen LogP contribution in [0.4, 0.5) is 0 Å². The Balaban J connectivity index is 1.97. The van der Waals surface area contributed by atoms with Gasteiger partial charge in [0.05, 0.1) is 20.8 Å². The molecule has 0 unspecified atom stereocenters. The Morgan fingerprint density at radius 1 is 1.11 bits per heavy atom. The maximum absolute atomic E-state index is 5.24. The van der Waals surface area contributed by atoms with Gasteiger partial charge in [-0.3, -0.25) is 0 Å². The Kier molecular flexibility index (Phi) is 4.41. The number of aromatic nitrogens is 2. The van der Waals surface area contributed by atoms with Crippen molar-refractivity contribution < 1.29 is 9.47 Å². The first-order valence-corrected chi connectivity index (χ1v) is 6.12. The fourth-order valence-electron chi connectivity index (χ4n) is 1.85. The van der Waals surface area contributed by atoms with Crippen LogP contribution in [0.3, 0.4) is 0 Å². The number of hydrogen-bond acceptors (Lipinski definition) is 4. The summed E-state index contributed by atoms with van der Waals surface area (Å²) in [4.78, 5) is 4.27. The van der Waals surface area contributed by atoms with E-state index in [0.29, 0.717) is 0 Å². The van der Waals surface area contributed by atoms with E-state index in [4.69, 9.17) is 9.47 Å². The number of nitrogens with zero attached hydrogens (tertiary/aromatic N) is 2. The topological polar surface area (TPSA) is 48.3 Å². The Bertz CT molecular complexity index is 515. The van der Waals surface area contributed by atoms with Crippen LogP contribution in [0.1, 0.15) is 11.4 Å². The average molecular weight is 261 g/mol. The van der Waals surface area contributed by atoms with Gasteiger partial charge in [0, 0.05) is 32.1 Å². The highest BCUT2D eigenvalue weighted by Crippen LogP contribution is 2.22. The fourth-order valence-corrected chi connectivity index (χ4v) is 1.85. The molecule has 1 heterocycles. The predicted molar refractivity (Wildman–Crippen MR) is 73.3 cm³/mol. The van der Waals surface area contributed by atoms with Gasteiger partial charge in [-0.2, -0.15) is 0 Å². The van der Waals surface area contributed by atoms with Gasteiger partial charge in [0.1, 0.15) is 17.3 Å². The van der Waals surface area contributed by atoms with Crippen LogP contribution < -0.4 is 14.8 Å². The summed E-state index contributed by atoms with van der Waals surface area (Å²) in [6.45, 7) is 1.46. The van der Waals surface area contributed by atoms with Crippen molar-refractivity contribution >= 4 is 0 Å². The lowest BCUT2D eigenvalue weighted by atomic mass is 10.2. The van der Waals surface area contributed by atoms with Gasteiger partial charge in [0.25, 0.3) is 0 Å². The van der Waals surface area contributed by atoms with E-state index in [2.05, 4.69) is 10.3 Å². The molecule has 0 bridgehead atoms. The highest BCUT2D eigenvalue weighted by molar-refractivity contribution is 5.38. The van der Waals surface area contributed by atoms with Crippen molar-refractivity contribution in [2.45, 2.75) is 13.1 Å². The molecule has 0 aliphatic heterocycles. The fraction of sp³-hybridized carbons (Fsp3) is 0.357. The Morgan fingerprint density at radius 2 is 1.79 bits per heavy atom. The van der Waals surface area contributed by atoms with Crippen molar-refractivity contribution in [2.75, 3.05) is 14.2 Å². The third-order valence-electron chi connectivity index (χ3n) is 2.94. The summed E-state index contributed by atoms with van der Waals surface area (Å²) in [7, 11) is 5.29. The summed E-state index contributed by atoms with van der Waals surface area (Å²) in [6.07, 6.45) is 3.73. The third kappa shape index (κ3) is 3.48. The van der Waals surface area contributed by atoms with Crippen molar-refractivity contribution in [3.8, 4) is 11.5 Å². The molecule has 102 valence electrons. The molecule has 0 saturated carbocycles. The predicted octanol–water partition coefficient (Wildman–Crippen LogP) is 1.73. The Labute approximate surface area is 113 Å². The van der Waals surface area contributed by atoms with Crippen molar-refractivity contribution in [1.82, 2.24) is 14.9 Å². The quantitative estimate of drug-likeness (QED) is 0.860. The molecular weight excluding hydrogens is 242 g/mol. The van der Waals surface area contributed by atoms with Crippen LogP contribution in [0.25, 0.3) is 0 Å². The van der Waals surface area contributed by atoms with Gasteiger partial charge in [-0.1, -0.05) is 0 Å². The smallest absolute Gasteiger partial charge is 0.122 e. The summed E-state index contributed by atoms with van der Waals surface area (Å²) in [6, 6.07) is 5.85. The number of imidazole rings is 1. The van der Waals surface area contributed by atoms with Crippen LogP contribution in [0.5, 0.6) is 11.5 Å². The van der Waals surface area contributed by atoms with Crippen LogP contribution in [0, 0.1) is 0 Å². The number of nitrogens with one attached hydrogen (secondary N) is 1. The monoisotopic (exact) mass is 261 g/mol. The molecule has 0 radical (unpaired) electrons. The van der Waals surface area contributed by atoms with Gasteiger partial charge in [0.15, 0.2) is 0 Å². The number of rotatable bonds is 6. The van der Waals surface area contributed by atoms with Gasteiger partial charge in [-0.15, -0.1) is 0 Å². The van der Waals surface area contributed by atoms with Gasteiger partial charge in [-0.25, -0.2) is 4.98 Å². The first-order chi connectivity index (χ1) is 9.22. The molecule has 0 atom stereocenters. The molecule has 0 aliphatic rings. The lowest BCUT2D eigenvalue weighted by Gasteiger charge is -2.09. The van der Waals surface area contributed by atoms with Crippen LogP contribution in [0.2, 0.25) is 0 Å². The highest BCUT2D eigenvalue weighted by Gasteiger charge is 2.03. The van der Waals surface area contributed by atoms with E-state index in [1.54, 1.807) is 20.4 Å². The molecule has 1 aromatic heterocycles. The van der Waals surface area contributed by atoms with Crippen LogP contribution in [-0.4, -0.2) is 23.8 Å². The summed E-state index contributed by atoms with van der Waals surface area (Å²) in [5.74, 6) is 2.61. The van der Waals surface area contributed by atoms with E-state index in [9.17, 15) is 0 Å². The molecule has 2 aromatic rings. The zero-order chi connectivity index (χ0) is 13.7. The van der Waals surface area contributed by atoms with Crippen molar-refractivity contribution in [3.63, 3.8) is 0 Å². The summed E-state index contributed by atoms with van der Waals surface area (Å²) in [5.41, 5.74) is 1.12. The number of benzene rings is 1. The lowest BCUT2D eigenvalue weighted by Crippen LogP contribution is -2.15. The molecule has 1 aromatic carbocycles. The molecule has 2 rings (SSSR count). The molecule has 5 heteroatoms. The van der Waals surface area contributed by atoms with Gasteiger partial charge in [0.2, 0.25) is 0 Å². The maximum atomic E-state index is 5.24. The molecule has 0 amide bonds. The second kappa shape index (κ2) is 6.24. The molecule has 0 saturated heterocycles. The molecular formula is C14H19N3O2. The normalized spacial score (nSPS) is 10.5. The zero-order valence-corrected chi connectivity index (χ0v) is 11.5. The molecule has 5 nitrogen and oxygen atoms in total. The lowest BCUT2D eigenvalue weighted by molar-refractivity contribution is 0.393. The summed E-state index contributed by atoms with van der Waals surface area (Å²) < 4.78 is 12.5. The molecule has 0 aliphatic carbocycles. The van der Waals surface area contributed by atoms with Crippen LogP contribution >= 0.6 is 0 Å². The van der Waals surface area contributed by atoms with Crippen LogP contribution in [0.15, 0.2) is 30.6 Å². The molecule has 0 fully saturated rings. The number of aryl methyl sites for hydroxylation is 1. The summed E-state index contributed by atoms with van der Waals surface area (Å²) in [5, 5.41) is 3.35. The number of methoxy groups -OCH3 is 2. The van der Waals surface area contributed by atoms with E-state index in [1.165, 1.54) is 0 Å². The third-order valence-corrected chi connectivity index (χ3v) is 2.94. The van der Waals surface area contributed by atoms with Crippen LogP contribution in [-0.2, 0) is 20.1 Å². The molecule has 0 spiro atoms.